The van der Waals surface area contributed by atoms with Gasteiger partial charge in [0.1, 0.15) is 12.0 Å². The van der Waals surface area contributed by atoms with E-state index in [1.807, 2.05) is 37.4 Å². The van der Waals surface area contributed by atoms with Crippen molar-refractivity contribution in [2.24, 2.45) is 0 Å². The Morgan fingerprint density at radius 1 is 1.50 bits per heavy atom. The Hall–Kier alpha value is -1.10. The van der Waals surface area contributed by atoms with Crippen LogP contribution in [-0.2, 0) is 9.53 Å². The number of fused-ring (bicyclic) bond motifs is 2. The van der Waals surface area contributed by atoms with Crippen LogP contribution in [0.4, 0.5) is 0 Å². The third kappa shape index (κ3) is 2.87. The van der Waals surface area contributed by atoms with E-state index in [-0.39, 0.29) is 23.7 Å². The maximum absolute atomic E-state index is 12.4. The lowest BCUT2D eigenvalue weighted by Gasteiger charge is -2.41. The molecule has 2 heterocycles. The number of aliphatic hydroxyl groups excluding tert-OH is 1. The summed E-state index contributed by atoms with van der Waals surface area (Å²) in [6.07, 6.45) is 3.30. The van der Waals surface area contributed by atoms with Crippen LogP contribution in [0.5, 0.6) is 0 Å². The average Bonchev–Trinajstić information content (AvgIpc) is 2.68. The predicted octanol–water partition coefficient (Wildman–Crippen LogP) is 2.50. The van der Waals surface area contributed by atoms with Crippen molar-refractivity contribution < 1.29 is 14.6 Å². The van der Waals surface area contributed by atoms with Crippen molar-refractivity contribution >= 4 is 17.6 Å². The normalized spacial score (nSPS) is 32.7. The maximum atomic E-state index is 12.4. The molecule has 1 N–H and O–H groups in total. The lowest BCUT2D eigenvalue weighted by atomic mass is 9.98. The molecule has 0 aromatic heterocycles. The topological polar surface area (TPSA) is 49.8 Å². The van der Waals surface area contributed by atoms with Crippen molar-refractivity contribution in [3.63, 3.8) is 0 Å². The van der Waals surface area contributed by atoms with Crippen LogP contribution >= 0.6 is 11.6 Å². The van der Waals surface area contributed by atoms with Crippen LogP contribution in [0.2, 0.25) is 0 Å². The van der Waals surface area contributed by atoms with Crippen molar-refractivity contribution in [1.29, 1.82) is 0 Å². The minimum atomic E-state index is -0.621. The summed E-state index contributed by atoms with van der Waals surface area (Å²) in [4.78, 5) is 14.3. The highest BCUT2D eigenvalue weighted by Crippen LogP contribution is 2.46. The van der Waals surface area contributed by atoms with Crippen LogP contribution in [-0.4, -0.2) is 46.8 Å². The number of esters is 1. The molecule has 22 heavy (non-hydrogen) atoms. The molecule has 0 amide bonds. The summed E-state index contributed by atoms with van der Waals surface area (Å²) in [5.74, 6) is -0.979. The summed E-state index contributed by atoms with van der Waals surface area (Å²) in [5.41, 5.74) is 0.784. The molecule has 2 bridgehead atoms. The molecule has 0 spiro atoms. The van der Waals surface area contributed by atoms with Gasteiger partial charge in [-0.05, 0) is 25.5 Å². The molecular weight excluding hydrogens is 302 g/mol. The molecule has 1 aromatic rings. The van der Waals surface area contributed by atoms with Gasteiger partial charge in [0.05, 0.1) is 11.6 Å². The molecule has 5 heteroatoms. The van der Waals surface area contributed by atoms with Crippen molar-refractivity contribution in [3.8, 4) is 0 Å². The zero-order valence-electron chi connectivity index (χ0n) is 12.7. The van der Waals surface area contributed by atoms with E-state index in [0.717, 1.165) is 24.8 Å². The minimum Gasteiger partial charge on any atom is -0.462 e. The molecule has 2 aliphatic heterocycles. The Morgan fingerprint density at radius 3 is 2.86 bits per heavy atom. The van der Waals surface area contributed by atoms with Crippen molar-refractivity contribution in [2.45, 2.75) is 48.7 Å². The Labute approximate surface area is 136 Å². The lowest BCUT2D eigenvalue weighted by molar-refractivity contribution is -0.155. The van der Waals surface area contributed by atoms with Crippen molar-refractivity contribution in [3.05, 3.63) is 35.9 Å². The molecule has 2 saturated heterocycles. The third-order valence-corrected chi connectivity index (χ3v) is 5.68. The van der Waals surface area contributed by atoms with Crippen molar-refractivity contribution in [2.75, 3.05) is 13.7 Å². The first-order valence-corrected chi connectivity index (χ1v) is 8.19. The van der Waals surface area contributed by atoms with Crippen LogP contribution in [0.15, 0.2) is 30.3 Å². The molecule has 0 radical (unpaired) electrons. The smallest absolute Gasteiger partial charge is 0.316 e. The Morgan fingerprint density at radius 2 is 2.23 bits per heavy atom. The predicted molar refractivity (Wildman–Crippen MR) is 84.8 cm³/mol. The molecule has 1 aromatic carbocycles. The van der Waals surface area contributed by atoms with E-state index in [1.165, 1.54) is 0 Å². The summed E-state index contributed by atoms with van der Waals surface area (Å²) in [5, 5.41) is 9.55. The monoisotopic (exact) mass is 323 g/mol. The van der Waals surface area contributed by atoms with E-state index < -0.39 is 5.92 Å². The number of aliphatic hydroxyl groups is 1. The molecule has 2 fully saturated rings. The van der Waals surface area contributed by atoms with Crippen LogP contribution in [0, 0.1) is 0 Å². The second kappa shape index (κ2) is 6.19. The maximum Gasteiger partial charge on any atom is 0.316 e. The first kappa shape index (κ1) is 15.8. The second-order valence-electron chi connectivity index (χ2n) is 6.37. The molecule has 4 atom stereocenters. The van der Waals surface area contributed by atoms with Crippen LogP contribution in [0.25, 0.3) is 0 Å². The highest BCUT2D eigenvalue weighted by Gasteiger charge is 2.50. The number of hydrogen-bond acceptors (Lipinski definition) is 4. The van der Waals surface area contributed by atoms with Crippen LogP contribution in [0.1, 0.15) is 37.2 Å². The molecule has 0 aliphatic carbocycles. The number of carbonyl (C=O) groups is 1. The quantitative estimate of drug-likeness (QED) is 0.525. The SMILES string of the molecule is CN1C2CCC1(Cl)CC(OC(=O)[C@H](CO)c1ccccc1)C2. The second-order valence-corrected chi connectivity index (χ2v) is 7.07. The van der Waals surface area contributed by atoms with Gasteiger partial charge in [0.25, 0.3) is 0 Å². The van der Waals surface area contributed by atoms with Gasteiger partial charge in [-0.25, -0.2) is 0 Å². The summed E-state index contributed by atoms with van der Waals surface area (Å²) in [7, 11) is 2.04. The minimum absolute atomic E-state index is 0.161. The largest absolute Gasteiger partial charge is 0.462 e. The molecule has 120 valence electrons. The van der Waals surface area contributed by atoms with Gasteiger partial charge in [-0.15, -0.1) is 11.6 Å². The molecule has 3 unspecified atom stereocenters. The van der Waals surface area contributed by atoms with Gasteiger partial charge in [-0.3, -0.25) is 9.69 Å². The number of halogens is 1. The fourth-order valence-electron chi connectivity index (χ4n) is 3.68. The molecule has 4 nitrogen and oxygen atoms in total. The highest BCUT2D eigenvalue weighted by molar-refractivity contribution is 6.23. The lowest BCUT2D eigenvalue weighted by Crippen LogP contribution is -2.49. The molecule has 2 aliphatic rings. The van der Waals surface area contributed by atoms with Gasteiger partial charge in [-0.2, -0.15) is 0 Å². The first-order valence-electron chi connectivity index (χ1n) is 7.81. The van der Waals surface area contributed by atoms with E-state index in [9.17, 15) is 9.90 Å². The molecular formula is C17H22ClNO3. The van der Waals surface area contributed by atoms with E-state index >= 15 is 0 Å². The van der Waals surface area contributed by atoms with Crippen LogP contribution < -0.4 is 0 Å². The summed E-state index contributed by atoms with van der Waals surface area (Å²) in [6, 6.07) is 9.65. The zero-order valence-corrected chi connectivity index (χ0v) is 13.5. The van der Waals surface area contributed by atoms with E-state index in [0.29, 0.717) is 12.5 Å². The van der Waals surface area contributed by atoms with Gasteiger partial charge >= 0.3 is 5.97 Å². The van der Waals surface area contributed by atoms with Gasteiger partial charge in [0, 0.05) is 18.9 Å². The first-order chi connectivity index (χ1) is 10.5. The van der Waals surface area contributed by atoms with Gasteiger partial charge in [-0.1, -0.05) is 30.3 Å². The summed E-state index contributed by atoms with van der Waals surface area (Å²) < 4.78 is 5.68. The number of benzene rings is 1. The highest BCUT2D eigenvalue weighted by atomic mass is 35.5. The van der Waals surface area contributed by atoms with E-state index in [4.69, 9.17) is 16.3 Å². The van der Waals surface area contributed by atoms with Crippen LogP contribution in [0.3, 0.4) is 0 Å². The fourth-order valence-corrected chi connectivity index (χ4v) is 4.10. The van der Waals surface area contributed by atoms with Gasteiger partial charge in [0.2, 0.25) is 0 Å². The van der Waals surface area contributed by atoms with E-state index in [1.54, 1.807) is 0 Å². The average molecular weight is 324 g/mol. The molecule has 3 rings (SSSR count). The third-order valence-electron chi connectivity index (χ3n) is 5.07. The van der Waals surface area contributed by atoms with Gasteiger partial charge < -0.3 is 9.84 Å². The number of hydrogen-bond donors (Lipinski definition) is 1. The standard InChI is InChI=1S/C17H22ClNO3/c1-19-13-7-8-17(19,18)10-14(9-13)22-16(21)15(11-20)12-5-3-2-4-6-12/h2-6,13-15,20H,7-11H2,1H3/t13?,14?,15-,17?/m1/s1. The Kier molecular flexibility index (Phi) is 4.44. The number of rotatable bonds is 4. The van der Waals surface area contributed by atoms with Crippen molar-refractivity contribution in [1.82, 2.24) is 4.90 Å². The fraction of sp³-hybridized carbons (Fsp3) is 0.588. The number of ether oxygens (including phenoxy) is 1. The van der Waals surface area contributed by atoms with Gasteiger partial charge in [0.15, 0.2) is 0 Å². The summed E-state index contributed by atoms with van der Waals surface area (Å²) in [6.45, 7) is -0.245. The number of alkyl halides is 1. The number of carbonyl (C=O) groups excluding carboxylic acids is 1. The van der Waals surface area contributed by atoms with E-state index in [2.05, 4.69) is 4.90 Å². The zero-order chi connectivity index (χ0) is 15.7. The molecule has 0 saturated carbocycles. The Balaban J connectivity index is 1.67. The number of nitrogens with zero attached hydrogens (tertiary/aromatic N) is 1. The summed E-state index contributed by atoms with van der Waals surface area (Å²) >= 11 is 6.65. The number of piperidine rings is 1. The Bertz CT molecular complexity index is 538.